The Morgan fingerprint density at radius 2 is 1.83 bits per heavy atom. The quantitative estimate of drug-likeness (QED) is 0.664. The molecule has 1 aromatic rings. The van der Waals surface area contributed by atoms with Crippen LogP contribution in [0.2, 0.25) is 0 Å². The molecule has 0 saturated heterocycles. The molecule has 138 valence electrons. The van der Waals surface area contributed by atoms with Crippen LogP contribution in [0.3, 0.4) is 0 Å². The molecule has 1 rings (SSSR count). The lowest BCUT2D eigenvalue weighted by Gasteiger charge is -2.26. The molecule has 0 aliphatic heterocycles. The van der Waals surface area contributed by atoms with Gasteiger partial charge in [0, 0.05) is 12.1 Å². The van der Waals surface area contributed by atoms with Crippen molar-refractivity contribution < 1.29 is 22.7 Å². The molecule has 0 fully saturated rings. The van der Waals surface area contributed by atoms with Gasteiger partial charge in [-0.3, -0.25) is 0 Å². The number of hydrogen-bond donors (Lipinski definition) is 2. The number of esters is 1. The molecule has 1 aromatic carbocycles. The first-order valence-corrected chi connectivity index (χ1v) is 8.76. The Kier molecular flexibility index (Phi) is 8.70. The minimum atomic E-state index is -3.81. The maximum absolute atomic E-state index is 12.5. The van der Waals surface area contributed by atoms with Gasteiger partial charge >= 0.3 is 5.97 Å². The van der Waals surface area contributed by atoms with Gasteiger partial charge in [0.1, 0.15) is 10.6 Å². The number of benzene rings is 1. The second-order valence-corrected chi connectivity index (χ2v) is 6.99. The van der Waals surface area contributed by atoms with Gasteiger partial charge < -0.3 is 15.2 Å². The summed E-state index contributed by atoms with van der Waals surface area (Å²) in [6, 6.07) is 4.01. The lowest BCUT2D eigenvalue weighted by molar-refractivity contribution is 0.0600. The van der Waals surface area contributed by atoms with Crippen LogP contribution in [0, 0.1) is 0 Å². The molecule has 0 spiro atoms. The molecule has 0 unspecified atom stereocenters. The second-order valence-electron chi connectivity index (χ2n) is 5.25. The minimum absolute atomic E-state index is 0. The van der Waals surface area contributed by atoms with Gasteiger partial charge in [0.05, 0.1) is 19.8 Å². The SMILES string of the molecule is CCC(N)(CC)CNS(=O)(=O)c1ccc(C(=O)OC)cc1OC.Cl. The van der Waals surface area contributed by atoms with Gasteiger partial charge in [-0.2, -0.15) is 0 Å². The van der Waals surface area contributed by atoms with E-state index in [1.807, 2.05) is 13.8 Å². The van der Waals surface area contributed by atoms with E-state index in [1.165, 1.54) is 32.4 Å². The molecular weight excluding hydrogens is 356 g/mol. The van der Waals surface area contributed by atoms with E-state index < -0.39 is 21.5 Å². The molecule has 3 N–H and O–H groups in total. The second kappa shape index (κ2) is 9.22. The maximum atomic E-state index is 12.5. The zero-order valence-corrected chi connectivity index (χ0v) is 15.9. The Bertz CT molecular complexity index is 660. The Balaban J connectivity index is 0.00000529. The van der Waals surface area contributed by atoms with Crippen LogP contribution in [0.4, 0.5) is 0 Å². The molecule has 9 heteroatoms. The topological polar surface area (TPSA) is 108 Å². The normalized spacial score (nSPS) is 11.5. The smallest absolute Gasteiger partial charge is 0.337 e. The van der Waals surface area contributed by atoms with Gasteiger partial charge in [-0.25, -0.2) is 17.9 Å². The molecule has 0 aliphatic rings. The Morgan fingerprint density at radius 1 is 1.25 bits per heavy atom. The molecule has 0 bridgehead atoms. The van der Waals surface area contributed by atoms with E-state index in [-0.39, 0.29) is 35.2 Å². The van der Waals surface area contributed by atoms with Crippen molar-refractivity contribution in [3.05, 3.63) is 23.8 Å². The van der Waals surface area contributed by atoms with Crippen LogP contribution >= 0.6 is 12.4 Å². The molecule has 0 saturated carbocycles. The Morgan fingerprint density at radius 3 is 2.29 bits per heavy atom. The number of halogens is 1. The van der Waals surface area contributed by atoms with Crippen molar-refractivity contribution in [1.29, 1.82) is 0 Å². The fourth-order valence-electron chi connectivity index (χ4n) is 1.95. The first kappa shape index (κ1) is 22.6. The highest BCUT2D eigenvalue weighted by molar-refractivity contribution is 7.89. The fourth-order valence-corrected chi connectivity index (χ4v) is 3.24. The molecule has 0 radical (unpaired) electrons. The predicted molar refractivity (Wildman–Crippen MR) is 94.3 cm³/mol. The number of nitrogens with two attached hydrogens (primary N) is 1. The third-order valence-electron chi connectivity index (χ3n) is 3.90. The van der Waals surface area contributed by atoms with E-state index >= 15 is 0 Å². The van der Waals surface area contributed by atoms with Crippen molar-refractivity contribution in [2.24, 2.45) is 5.73 Å². The highest BCUT2D eigenvalue weighted by Gasteiger charge is 2.26. The third kappa shape index (κ3) is 5.34. The van der Waals surface area contributed by atoms with Crippen LogP contribution in [0.25, 0.3) is 0 Å². The Labute approximate surface area is 149 Å². The van der Waals surface area contributed by atoms with Gasteiger partial charge in [0.15, 0.2) is 0 Å². The van der Waals surface area contributed by atoms with Crippen molar-refractivity contribution in [3.63, 3.8) is 0 Å². The van der Waals surface area contributed by atoms with Crippen molar-refractivity contribution >= 4 is 28.4 Å². The minimum Gasteiger partial charge on any atom is -0.495 e. The highest BCUT2D eigenvalue weighted by Crippen LogP contribution is 2.25. The number of carbonyl (C=O) groups is 1. The van der Waals surface area contributed by atoms with E-state index in [0.29, 0.717) is 12.8 Å². The monoisotopic (exact) mass is 380 g/mol. The number of carbonyl (C=O) groups excluding carboxylic acids is 1. The van der Waals surface area contributed by atoms with Gasteiger partial charge in [0.25, 0.3) is 0 Å². The summed E-state index contributed by atoms with van der Waals surface area (Å²) >= 11 is 0. The van der Waals surface area contributed by atoms with Crippen LogP contribution in [-0.4, -0.2) is 40.7 Å². The van der Waals surface area contributed by atoms with E-state index in [4.69, 9.17) is 10.5 Å². The summed E-state index contributed by atoms with van der Waals surface area (Å²) < 4.78 is 37.2. The summed E-state index contributed by atoms with van der Waals surface area (Å²) in [5.41, 5.74) is 5.72. The number of nitrogens with one attached hydrogen (secondary N) is 1. The van der Waals surface area contributed by atoms with Crippen LogP contribution in [-0.2, 0) is 14.8 Å². The van der Waals surface area contributed by atoms with E-state index in [1.54, 1.807) is 0 Å². The zero-order chi connectivity index (χ0) is 17.7. The van der Waals surface area contributed by atoms with Crippen molar-refractivity contribution in [1.82, 2.24) is 4.72 Å². The average molecular weight is 381 g/mol. The van der Waals surface area contributed by atoms with Crippen molar-refractivity contribution in [3.8, 4) is 5.75 Å². The summed E-state index contributed by atoms with van der Waals surface area (Å²) in [4.78, 5) is 11.5. The molecule has 0 aliphatic carbocycles. The van der Waals surface area contributed by atoms with E-state index in [9.17, 15) is 13.2 Å². The first-order valence-electron chi connectivity index (χ1n) is 7.28. The van der Waals surface area contributed by atoms with Gasteiger partial charge in [0.2, 0.25) is 10.0 Å². The summed E-state index contributed by atoms with van der Waals surface area (Å²) in [7, 11) is -1.23. The zero-order valence-electron chi connectivity index (χ0n) is 14.3. The van der Waals surface area contributed by atoms with Gasteiger partial charge in [-0.05, 0) is 31.0 Å². The first-order chi connectivity index (χ1) is 10.7. The summed E-state index contributed by atoms with van der Waals surface area (Å²) in [5, 5.41) is 0. The molecule has 0 atom stereocenters. The van der Waals surface area contributed by atoms with E-state index in [2.05, 4.69) is 9.46 Å². The summed E-state index contributed by atoms with van der Waals surface area (Å²) in [6.07, 6.45) is 1.29. The maximum Gasteiger partial charge on any atom is 0.337 e. The number of sulfonamides is 1. The van der Waals surface area contributed by atoms with E-state index in [0.717, 1.165) is 0 Å². The lowest BCUT2D eigenvalue weighted by atomic mass is 9.95. The molecule has 24 heavy (non-hydrogen) atoms. The average Bonchev–Trinajstić information content (AvgIpc) is 2.58. The number of ether oxygens (including phenoxy) is 2. The Hall–Kier alpha value is -1.35. The number of rotatable bonds is 8. The number of hydrogen-bond acceptors (Lipinski definition) is 6. The van der Waals surface area contributed by atoms with Crippen LogP contribution in [0.1, 0.15) is 37.0 Å². The summed E-state index contributed by atoms with van der Waals surface area (Å²) in [5.74, 6) is -0.505. The standard InChI is InChI=1S/C15H24N2O5S.ClH/c1-5-15(16,6-2)10-17-23(19,20)13-8-7-11(14(18)22-4)9-12(13)21-3;/h7-9,17H,5-6,10,16H2,1-4H3;1H. The van der Waals surface area contributed by atoms with Crippen molar-refractivity contribution in [2.45, 2.75) is 37.1 Å². The predicted octanol–water partition coefficient (Wildman–Crippen LogP) is 1.70. The van der Waals surface area contributed by atoms with Gasteiger partial charge in [-0.15, -0.1) is 12.4 Å². The molecule has 0 heterocycles. The number of methoxy groups -OCH3 is 2. The lowest BCUT2D eigenvalue weighted by Crippen LogP contribution is -2.49. The third-order valence-corrected chi connectivity index (χ3v) is 5.34. The van der Waals surface area contributed by atoms with Crippen molar-refractivity contribution in [2.75, 3.05) is 20.8 Å². The fraction of sp³-hybridized carbons (Fsp3) is 0.533. The largest absolute Gasteiger partial charge is 0.495 e. The van der Waals surface area contributed by atoms with Crippen LogP contribution in [0.15, 0.2) is 23.1 Å². The summed E-state index contributed by atoms with van der Waals surface area (Å²) in [6.45, 7) is 3.93. The highest BCUT2D eigenvalue weighted by atomic mass is 35.5. The van der Waals surface area contributed by atoms with Gasteiger partial charge in [-0.1, -0.05) is 13.8 Å². The molecule has 0 aromatic heterocycles. The van der Waals surface area contributed by atoms with Crippen LogP contribution in [0.5, 0.6) is 5.75 Å². The van der Waals surface area contributed by atoms with Crippen LogP contribution < -0.4 is 15.2 Å². The molecule has 0 amide bonds. The molecule has 7 nitrogen and oxygen atoms in total. The molecular formula is C15H25ClN2O5S.